The lowest BCUT2D eigenvalue weighted by atomic mass is 9.85. The van der Waals surface area contributed by atoms with Gasteiger partial charge >= 0.3 is 0 Å². The number of benzene rings is 1. The fourth-order valence-corrected chi connectivity index (χ4v) is 2.38. The highest BCUT2D eigenvalue weighted by Crippen LogP contribution is 2.43. The minimum absolute atomic E-state index is 0.00157. The first-order chi connectivity index (χ1) is 9.00. The number of carbonyl (C=O) groups excluding carboxylic acids is 1. The summed E-state index contributed by atoms with van der Waals surface area (Å²) in [5, 5.41) is 1.46. The van der Waals surface area contributed by atoms with Gasteiger partial charge in [0.2, 0.25) is 0 Å². The Morgan fingerprint density at radius 3 is 2.74 bits per heavy atom. The van der Waals surface area contributed by atoms with Gasteiger partial charge in [0, 0.05) is 0 Å². The van der Waals surface area contributed by atoms with E-state index in [9.17, 15) is 4.79 Å². The number of fused-ring (bicyclic) bond motifs is 1. The molecule has 0 aromatic heterocycles. The number of rotatable bonds is 4. The van der Waals surface area contributed by atoms with E-state index in [0.29, 0.717) is 6.61 Å². The van der Waals surface area contributed by atoms with Crippen LogP contribution in [0.3, 0.4) is 0 Å². The average Bonchev–Trinajstić information content (AvgIpc) is 2.57. The number of anilines is 1. The molecule has 19 heavy (non-hydrogen) atoms. The Labute approximate surface area is 114 Å². The maximum atomic E-state index is 12.5. The normalized spacial score (nSPS) is 17.3. The number of carbonyl (C=O) groups is 1. The third-order valence-corrected chi connectivity index (χ3v) is 3.54. The largest absolute Gasteiger partial charge is 0.271 e. The van der Waals surface area contributed by atoms with E-state index in [1.807, 2.05) is 51.1 Å². The number of allylic oxidation sites excluding steroid dienone is 1. The van der Waals surface area contributed by atoms with Gasteiger partial charge in [0.1, 0.15) is 0 Å². The molecule has 1 aromatic rings. The molecular formula is C16H21NO2. The maximum Gasteiger partial charge on any atom is 0.261 e. The van der Waals surface area contributed by atoms with Crippen molar-refractivity contribution >= 4 is 11.6 Å². The summed E-state index contributed by atoms with van der Waals surface area (Å²) in [5.74, 6) is 0.00157. The summed E-state index contributed by atoms with van der Waals surface area (Å²) in [4.78, 5) is 18.1. The van der Waals surface area contributed by atoms with Crippen LogP contribution in [-0.2, 0) is 15.0 Å². The van der Waals surface area contributed by atoms with Crippen molar-refractivity contribution in [3.05, 3.63) is 41.5 Å². The van der Waals surface area contributed by atoms with Crippen molar-refractivity contribution in [1.82, 2.24) is 0 Å². The minimum Gasteiger partial charge on any atom is -0.271 e. The zero-order chi connectivity index (χ0) is 14.0. The Hall–Kier alpha value is -1.61. The third kappa shape index (κ3) is 2.30. The third-order valence-electron chi connectivity index (χ3n) is 3.54. The molecule has 0 bridgehead atoms. The van der Waals surface area contributed by atoms with Crippen LogP contribution < -0.4 is 5.06 Å². The Morgan fingerprint density at radius 1 is 1.32 bits per heavy atom. The summed E-state index contributed by atoms with van der Waals surface area (Å²) in [6.45, 7) is 8.38. The fraction of sp³-hybridized carbons (Fsp3) is 0.438. The lowest BCUT2D eigenvalue weighted by Crippen LogP contribution is -2.36. The smallest absolute Gasteiger partial charge is 0.261 e. The molecule has 3 nitrogen and oxygen atoms in total. The Balaban J connectivity index is 2.32. The monoisotopic (exact) mass is 259 g/mol. The second-order valence-electron chi connectivity index (χ2n) is 5.37. The van der Waals surface area contributed by atoms with Crippen molar-refractivity contribution < 1.29 is 9.63 Å². The molecule has 0 spiro atoms. The van der Waals surface area contributed by atoms with Crippen LogP contribution in [-0.4, -0.2) is 12.5 Å². The van der Waals surface area contributed by atoms with Gasteiger partial charge in [-0.2, -0.15) is 5.06 Å². The molecule has 1 aliphatic heterocycles. The van der Waals surface area contributed by atoms with Crippen molar-refractivity contribution in [2.75, 3.05) is 11.7 Å². The summed E-state index contributed by atoms with van der Waals surface area (Å²) in [7, 11) is 0. The number of aryl methyl sites for hydroxylation is 1. The molecule has 0 unspecified atom stereocenters. The van der Waals surface area contributed by atoms with Crippen molar-refractivity contribution in [3.63, 3.8) is 0 Å². The van der Waals surface area contributed by atoms with Crippen LogP contribution in [0.1, 0.15) is 38.3 Å². The standard InChI is InChI=1S/C16H21NO2/c1-5-6-7-11-19-17-14-12(2)9-8-10-13(14)16(3,4)15(17)18/h6-10H,5,11H2,1-4H3/b7-6+. The predicted octanol–water partition coefficient (Wildman–Crippen LogP) is 3.52. The highest BCUT2D eigenvalue weighted by Gasteiger charge is 2.45. The van der Waals surface area contributed by atoms with Gasteiger partial charge in [-0.1, -0.05) is 37.3 Å². The van der Waals surface area contributed by atoms with Crippen LogP contribution in [0.2, 0.25) is 0 Å². The van der Waals surface area contributed by atoms with E-state index in [4.69, 9.17) is 4.84 Å². The molecule has 1 heterocycles. The molecular weight excluding hydrogens is 238 g/mol. The van der Waals surface area contributed by atoms with Crippen LogP contribution >= 0.6 is 0 Å². The van der Waals surface area contributed by atoms with E-state index < -0.39 is 5.41 Å². The SMILES string of the molecule is CC/C=C/CON1C(=O)C(C)(C)c2cccc(C)c21. The first kappa shape index (κ1) is 13.8. The summed E-state index contributed by atoms with van der Waals surface area (Å²) < 4.78 is 0. The molecule has 0 radical (unpaired) electrons. The molecule has 0 saturated heterocycles. The maximum absolute atomic E-state index is 12.5. The van der Waals surface area contributed by atoms with Crippen LogP contribution in [0, 0.1) is 6.92 Å². The average molecular weight is 259 g/mol. The van der Waals surface area contributed by atoms with Crippen molar-refractivity contribution in [1.29, 1.82) is 0 Å². The quantitative estimate of drug-likeness (QED) is 0.774. The van der Waals surface area contributed by atoms with Gasteiger partial charge in [0.15, 0.2) is 0 Å². The lowest BCUT2D eigenvalue weighted by Gasteiger charge is -2.19. The molecule has 0 aliphatic carbocycles. The minimum atomic E-state index is -0.518. The van der Waals surface area contributed by atoms with E-state index in [1.165, 1.54) is 5.06 Å². The van der Waals surface area contributed by atoms with E-state index >= 15 is 0 Å². The summed E-state index contributed by atoms with van der Waals surface area (Å²) >= 11 is 0. The van der Waals surface area contributed by atoms with Gasteiger partial charge in [-0.3, -0.25) is 9.63 Å². The lowest BCUT2D eigenvalue weighted by molar-refractivity contribution is -0.128. The Bertz CT molecular complexity index is 517. The molecule has 1 aliphatic rings. The molecule has 0 atom stereocenters. The van der Waals surface area contributed by atoms with Crippen LogP contribution in [0.25, 0.3) is 0 Å². The van der Waals surface area contributed by atoms with Gasteiger partial charge in [0.25, 0.3) is 5.91 Å². The molecule has 1 amide bonds. The highest BCUT2D eigenvalue weighted by atomic mass is 16.7. The zero-order valence-corrected chi connectivity index (χ0v) is 12.1. The fourth-order valence-electron chi connectivity index (χ4n) is 2.38. The number of nitrogens with zero attached hydrogens (tertiary/aromatic N) is 1. The first-order valence-corrected chi connectivity index (χ1v) is 6.72. The van der Waals surface area contributed by atoms with Crippen LogP contribution in [0.15, 0.2) is 30.4 Å². The van der Waals surface area contributed by atoms with E-state index in [0.717, 1.165) is 23.2 Å². The number of hydroxylamine groups is 1. The molecule has 0 fully saturated rings. The number of amides is 1. The number of hydrogen-bond acceptors (Lipinski definition) is 2. The summed E-state index contributed by atoms with van der Waals surface area (Å²) in [6.07, 6.45) is 4.94. The molecule has 3 heteroatoms. The van der Waals surface area contributed by atoms with Gasteiger partial charge in [-0.05, 0) is 38.3 Å². The first-order valence-electron chi connectivity index (χ1n) is 6.72. The van der Waals surface area contributed by atoms with Crippen molar-refractivity contribution in [3.8, 4) is 0 Å². The zero-order valence-electron chi connectivity index (χ0n) is 12.1. The van der Waals surface area contributed by atoms with Crippen LogP contribution in [0.4, 0.5) is 5.69 Å². The number of hydrogen-bond donors (Lipinski definition) is 0. The van der Waals surface area contributed by atoms with Gasteiger partial charge in [0.05, 0.1) is 17.7 Å². The summed E-state index contributed by atoms with van der Waals surface area (Å²) in [5.41, 5.74) is 2.49. The van der Waals surface area contributed by atoms with Crippen LogP contribution in [0.5, 0.6) is 0 Å². The van der Waals surface area contributed by atoms with E-state index in [1.54, 1.807) is 0 Å². The molecule has 0 saturated carbocycles. The molecule has 2 rings (SSSR count). The van der Waals surface area contributed by atoms with E-state index in [-0.39, 0.29) is 5.91 Å². The second kappa shape index (κ2) is 5.17. The van der Waals surface area contributed by atoms with Crippen molar-refractivity contribution in [2.45, 2.75) is 39.5 Å². The predicted molar refractivity (Wildman–Crippen MR) is 77.1 cm³/mol. The highest BCUT2D eigenvalue weighted by molar-refractivity contribution is 6.06. The Kier molecular flexibility index (Phi) is 3.76. The topological polar surface area (TPSA) is 29.5 Å². The van der Waals surface area contributed by atoms with Gasteiger partial charge < -0.3 is 0 Å². The summed E-state index contributed by atoms with van der Waals surface area (Å²) in [6, 6.07) is 6.00. The molecule has 102 valence electrons. The number of para-hydroxylation sites is 1. The van der Waals surface area contributed by atoms with Gasteiger partial charge in [-0.25, -0.2) is 0 Å². The Morgan fingerprint density at radius 2 is 2.05 bits per heavy atom. The molecule has 0 N–H and O–H groups in total. The van der Waals surface area contributed by atoms with E-state index in [2.05, 4.69) is 6.92 Å². The van der Waals surface area contributed by atoms with Gasteiger partial charge in [-0.15, -0.1) is 0 Å². The second-order valence-corrected chi connectivity index (χ2v) is 5.37. The van der Waals surface area contributed by atoms with Crippen molar-refractivity contribution in [2.24, 2.45) is 0 Å². The molecule has 1 aromatic carbocycles.